The van der Waals surface area contributed by atoms with E-state index in [9.17, 15) is 0 Å². The number of nitrogen functional groups attached to an aromatic ring is 1. The van der Waals surface area contributed by atoms with Crippen molar-refractivity contribution < 1.29 is 4.74 Å². The zero-order valence-electron chi connectivity index (χ0n) is 11.7. The predicted octanol–water partition coefficient (Wildman–Crippen LogP) is 1.19. The standard InChI is InChI=1S/C13H23N5O/c1-3-11-12(17-14)15-9-16-13(11)19-8-10-6-4-5-7-18(10)2/h9-10H,3-8,14H2,1-2H3,(H,15,16,17). The van der Waals surface area contributed by atoms with Crippen LogP contribution in [0, 0.1) is 0 Å². The molecule has 1 fully saturated rings. The van der Waals surface area contributed by atoms with Crippen molar-refractivity contribution in [3.63, 3.8) is 0 Å². The van der Waals surface area contributed by atoms with E-state index in [1.54, 1.807) is 0 Å². The zero-order chi connectivity index (χ0) is 13.7. The smallest absolute Gasteiger partial charge is 0.221 e. The lowest BCUT2D eigenvalue weighted by atomic mass is 10.0. The number of hydrogen-bond donors (Lipinski definition) is 2. The molecule has 0 spiro atoms. The number of aromatic nitrogens is 2. The third-order valence-electron chi connectivity index (χ3n) is 3.73. The number of ether oxygens (including phenoxy) is 1. The van der Waals surface area contributed by atoms with Gasteiger partial charge in [0.1, 0.15) is 18.8 Å². The summed E-state index contributed by atoms with van der Waals surface area (Å²) < 4.78 is 5.89. The summed E-state index contributed by atoms with van der Waals surface area (Å²) in [4.78, 5) is 10.7. The molecule has 0 saturated carbocycles. The molecule has 0 radical (unpaired) electrons. The Morgan fingerprint density at radius 1 is 1.47 bits per heavy atom. The second kappa shape index (κ2) is 6.68. The minimum Gasteiger partial charge on any atom is -0.476 e. The van der Waals surface area contributed by atoms with E-state index in [4.69, 9.17) is 10.6 Å². The first kappa shape index (κ1) is 14.0. The van der Waals surface area contributed by atoms with Crippen LogP contribution < -0.4 is 16.0 Å². The lowest BCUT2D eigenvalue weighted by Crippen LogP contribution is -2.40. The zero-order valence-corrected chi connectivity index (χ0v) is 11.7. The fraction of sp³-hybridized carbons (Fsp3) is 0.692. The molecule has 0 amide bonds. The van der Waals surface area contributed by atoms with E-state index in [0.29, 0.717) is 24.3 Å². The van der Waals surface area contributed by atoms with E-state index in [1.165, 1.54) is 25.6 Å². The van der Waals surface area contributed by atoms with Crippen LogP contribution in [0.5, 0.6) is 5.88 Å². The monoisotopic (exact) mass is 265 g/mol. The van der Waals surface area contributed by atoms with Gasteiger partial charge in [0, 0.05) is 6.04 Å². The maximum atomic E-state index is 5.89. The molecule has 1 aromatic heterocycles. The van der Waals surface area contributed by atoms with Crippen LogP contribution >= 0.6 is 0 Å². The molecule has 1 aliphatic rings. The summed E-state index contributed by atoms with van der Waals surface area (Å²) >= 11 is 0. The van der Waals surface area contributed by atoms with Crippen molar-refractivity contribution in [2.75, 3.05) is 25.6 Å². The summed E-state index contributed by atoms with van der Waals surface area (Å²) in [5.74, 6) is 6.74. The molecular weight excluding hydrogens is 242 g/mol. The third-order valence-corrected chi connectivity index (χ3v) is 3.73. The van der Waals surface area contributed by atoms with E-state index in [-0.39, 0.29) is 0 Å². The first-order valence-corrected chi connectivity index (χ1v) is 6.89. The minimum atomic E-state index is 0.475. The van der Waals surface area contributed by atoms with E-state index in [2.05, 4.69) is 27.3 Å². The summed E-state index contributed by atoms with van der Waals surface area (Å²) in [7, 11) is 2.15. The molecule has 2 rings (SSSR count). The number of likely N-dealkylation sites (N-methyl/N-ethyl adjacent to an activating group) is 1. The van der Waals surface area contributed by atoms with Crippen molar-refractivity contribution in [2.45, 2.75) is 38.6 Å². The van der Waals surface area contributed by atoms with Crippen LogP contribution in [0.15, 0.2) is 6.33 Å². The van der Waals surface area contributed by atoms with Crippen molar-refractivity contribution in [3.8, 4) is 5.88 Å². The fourth-order valence-electron chi connectivity index (χ4n) is 2.49. The Morgan fingerprint density at radius 3 is 3.00 bits per heavy atom. The maximum Gasteiger partial charge on any atom is 0.221 e. The van der Waals surface area contributed by atoms with Crippen molar-refractivity contribution in [2.24, 2.45) is 5.84 Å². The first-order valence-electron chi connectivity index (χ1n) is 6.89. The van der Waals surface area contributed by atoms with Crippen LogP contribution in [0.4, 0.5) is 5.82 Å². The average Bonchev–Trinajstić information content (AvgIpc) is 2.45. The second-order valence-corrected chi connectivity index (χ2v) is 4.95. The molecule has 1 aromatic rings. The van der Waals surface area contributed by atoms with Gasteiger partial charge in [-0.3, -0.25) is 0 Å². The highest BCUT2D eigenvalue weighted by atomic mass is 16.5. The van der Waals surface area contributed by atoms with Crippen molar-refractivity contribution in [3.05, 3.63) is 11.9 Å². The van der Waals surface area contributed by atoms with Gasteiger partial charge < -0.3 is 15.1 Å². The predicted molar refractivity (Wildman–Crippen MR) is 75.0 cm³/mol. The van der Waals surface area contributed by atoms with Crippen molar-refractivity contribution >= 4 is 5.82 Å². The largest absolute Gasteiger partial charge is 0.476 e. The van der Waals surface area contributed by atoms with Gasteiger partial charge in [0.15, 0.2) is 0 Å². The van der Waals surface area contributed by atoms with Crippen LogP contribution in [0.1, 0.15) is 31.7 Å². The van der Waals surface area contributed by atoms with Crippen LogP contribution in [-0.4, -0.2) is 41.1 Å². The van der Waals surface area contributed by atoms with Crippen LogP contribution in [-0.2, 0) is 6.42 Å². The Kier molecular flexibility index (Phi) is 4.93. The molecular formula is C13H23N5O. The van der Waals surface area contributed by atoms with Gasteiger partial charge in [0.2, 0.25) is 5.88 Å². The number of nitrogens with zero attached hydrogens (tertiary/aromatic N) is 3. The maximum absolute atomic E-state index is 5.89. The van der Waals surface area contributed by atoms with Gasteiger partial charge in [-0.25, -0.2) is 15.8 Å². The highest BCUT2D eigenvalue weighted by Gasteiger charge is 2.20. The normalized spacial score (nSPS) is 20.3. The number of rotatable bonds is 5. The second-order valence-electron chi connectivity index (χ2n) is 4.95. The topological polar surface area (TPSA) is 76.3 Å². The van der Waals surface area contributed by atoms with Gasteiger partial charge in [-0.1, -0.05) is 13.3 Å². The molecule has 0 aliphatic carbocycles. The summed E-state index contributed by atoms with van der Waals surface area (Å²) in [6.45, 7) is 3.86. The number of piperidine rings is 1. The van der Waals surface area contributed by atoms with E-state index in [0.717, 1.165) is 18.5 Å². The summed E-state index contributed by atoms with van der Waals surface area (Å²) in [5, 5.41) is 0. The van der Waals surface area contributed by atoms with Crippen molar-refractivity contribution in [1.82, 2.24) is 14.9 Å². The Labute approximate surface area is 114 Å². The molecule has 3 N–H and O–H groups in total. The van der Waals surface area contributed by atoms with Crippen LogP contribution in [0.3, 0.4) is 0 Å². The van der Waals surface area contributed by atoms with Gasteiger partial charge in [-0.2, -0.15) is 0 Å². The molecule has 1 aliphatic heterocycles. The molecule has 1 saturated heterocycles. The molecule has 1 atom stereocenters. The van der Waals surface area contributed by atoms with Gasteiger partial charge >= 0.3 is 0 Å². The molecule has 2 heterocycles. The Hall–Kier alpha value is -1.40. The van der Waals surface area contributed by atoms with Crippen molar-refractivity contribution in [1.29, 1.82) is 0 Å². The van der Waals surface area contributed by atoms with Gasteiger partial charge in [0.05, 0.1) is 5.56 Å². The molecule has 106 valence electrons. The summed E-state index contributed by atoms with van der Waals surface area (Å²) in [5.41, 5.74) is 3.53. The first-order chi connectivity index (χ1) is 9.26. The quantitative estimate of drug-likeness (QED) is 0.615. The highest BCUT2D eigenvalue weighted by molar-refractivity contribution is 5.47. The van der Waals surface area contributed by atoms with Crippen LogP contribution in [0.25, 0.3) is 0 Å². The number of likely N-dealkylation sites (tertiary alicyclic amines) is 1. The number of nitrogens with one attached hydrogen (secondary N) is 1. The molecule has 19 heavy (non-hydrogen) atoms. The summed E-state index contributed by atoms with van der Waals surface area (Å²) in [6, 6.07) is 0.475. The molecule has 6 nitrogen and oxygen atoms in total. The van der Waals surface area contributed by atoms with Gasteiger partial charge in [-0.15, -0.1) is 0 Å². The Morgan fingerprint density at radius 2 is 2.32 bits per heavy atom. The molecule has 1 unspecified atom stereocenters. The summed E-state index contributed by atoms with van der Waals surface area (Å²) in [6.07, 6.45) is 6.01. The highest BCUT2D eigenvalue weighted by Crippen LogP contribution is 2.23. The van der Waals surface area contributed by atoms with Gasteiger partial charge in [-0.05, 0) is 32.9 Å². The lowest BCUT2D eigenvalue weighted by Gasteiger charge is -2.32. The minimum absolute atomic E-state index is 0.475. The molecule has 0 aromatic carbocycles. The van der Waals surface area contributed by atoms with Gasteiger partial charge in [0.25, 0.3) is 0 Å². The number of hydrazine groups is 1. The van der Waals surface area contributed by atoms with Crippen LogP contribution in [0.2, 0.25) is 0 Å². The molecule has 0 bridgehead atoms. The Bertz CT molecular complexity index is 412. The number of anilines is 1. The van der Waals surface area contributed by atoms with E-state index < -0.39 is 0 Å². The number of hydrogen-bond acceptors (Lipinski definition) is 6. The van der Waals surface area contributed by atoms with E-state index in [1.807, 2.05) is 6.92 Å². The molecule has 6 heteroatoms. The fourth-order valence-corrected chi connectivity index (χ4v) is 2.49. The lowest BCUT2D eigenvalue weighted by molar-refractivity contribution is 0.122. The Balaban J connectivity index is 2.02. The third kappa shape index (κ3) is 3.33. The SMILES string of the molecule is CCc1c(NN)ncnc1OCC1CCCCN1C. The average molecular weight is 265 g/mol. The van der Waals surface area contributed by atoms with E-state index >= 15 is 0 Å². The number of nitrogens with two attached hydrogens (primary N) is 1.